The quantitative estimate of drug-likeness (QED) is 0.269. The highest BCUT2D eigenvalue weighted by Crippen LogP contribution is 2.26. The van der Waals surface area contributed by atoms with Crippen molar-refractivity contribution in [3.05, 3.63) is 10.4 Å². The predicted octanol–water partition coefficient (Wildman–Crippen LogP) is 2.42. The second-order valence-electron chi connectivity index (χ2n) is 3.87. The fourth-order valence-corrected chi connectivity index (χ4v) is 1.66. The van der Waals surface area contributed by atoms with E-state index in [2.05, 4.69) is 22.0 Å². The normalized spacial score (nSPS) is 16.8. The second kappa shape index (κ2) is 5.84. The highest BCUT2D eigenvalue weighted by molar-refractivity contribution is 4.72. The van der Waals surface area contributed by atoms with Crippen molar-refractivity contribution in [2.45, 2.75) is 25.7 Å². The summed E-state index contributed by atoms with van der Waals surface area (Å²) in [5.41, 5.74) is 8.07. The molecule has 0 saturated heterocycles. The maximum absolute atomic E-state index is 8.07. The van der Waals surface area contributed by atoms with E-state index >= 15 is 0 Å². The van der Waals surface area contributed by atoms with Gasteiger partial charge in [-0.1, -0.05) is 11.5 Å². The maximum atomic E-state index is 8.07. The van der Waals surface area contributed by atoms with Crippen molar-refractivity contribution >= 4 is 0 Å². The van der Waals surface area contributed by atoms with Crippen molar-refractivity contribution in [3.63, 3.8) is 0 Å². The number of hydrogen-bond acceptors (Lipinski definition) is 2. The number of nitrogens with zero attached hydrogens (tertiary/aromatic N) is 4. The largest absolute Gasteiger partial charge is 0.306 e. The summed E-state index contributed by atoms with van der Waals surface area (Å²) in [6, 6.07) is 0. The van der Waals surface area contributed by atoms with E-state index in [1.807, 2.05) is 0 Å². The van der Waals surface area contributed by atoms with Gasteiger partial charge >= 0.3 is 0 Å². The fraction of sp³-hybridized carbons (Fsp3) is 1.00. The zero-order chi connectivity index (χ0) is 9.52. The lowest BCUT2D eigenvalue weighted by Gasteiger charge is -2.29. The highest BCUT2D eigenvalue weighted by Gasteiger charge is 2.18. The van der Waals surface area contributed by atoms with Gasteiger partial charge in [0.15, 0.2) is 0 Å². The molecule has 0 bridgehead atoms. The van der Waals surface area contributed by atoms with Crippen molar-refractivity contribution in [3.8, 4) is 0 Å². The molecule has 0 unspecified atom stereocenters. The molecule has 0 heterocycles. The molecule has 0 N–H and O–H groups in total. The minimum Gasteiger partial charge on any atom is -0.306 e. The minimum atomic E-state index is 0.630. The Labute approximate surface area is 79.5 Å². The van der Waals surface area contributed by atoms with Crippen LogP contribution in [-0.2, 0) is 0 Å². The van der Waals surface area contributed by atoms with Crippen LogP contribution < -0.4 is 0 Å². The molecule has 74 valence electrons. The molecule has 0 spiro atoms. The lowest BCUT2D eigenvalue weighted by atomic mass is 9.85. The van der Waals surface area contributed by atoms with E-state index < -0.39 is 0 Å². The van der Waals surface area contributed by atoms with Crippen LogP contribution in [0.2, 0.25) is 0 Å². The molecule has 0 radical (unpaired) electrons. The van der Waals surface area contributed by atoms with Crippen LogP contribution in [0.15, 0.2) is 5.11 Å². The van der Waals surface area contributed by atoms with Crippen LogP contribution in [0.25, 0.3) is 10.4 Å². The van der Waals surface area contributed by atoms with Crippen LogP contribution in [0.4, 0.5) is 0 Å². The van der Waals surface area contributed by atoms with Gasteiger partial charge in [0.25, 0.3) is 0 Å². The Morgan fingerprint density at radius 2 is 2.31 bits per heavy atom. The fourth-order valence-electron chi connectivity index (χ4n) is 1.66. The summed E-state index contributed by atoms with van der Waals surface area (Å²) in [7, 11) is 2.15. The summed E-state index contributed by atoms with van der Waals surface area (Å²) in [5.74, 6) is 0.935. The van der Waals surface area contributed by atoms with Gasteiger partial charge in [-0.2, -0.15) is 0 Å². The van der Waals surface area contributed by atoms with Crippen molar-refractivity contribution in [1.29, 1.82) is 0 Å². The molecular formula is C9H18N4. The van der Waals surface area contributed by atoms with E-state index in [0.29, 0.717) is 6.54 Å². The van der Waals surface area contributed by atoms with Crippen molar-refractivity contribution in [2.24, 2.45) is 11.0 Å². The maximum Gasteiger partial charge on any atom is 0.0270 e. The zero-order valence-corrected chi connectivity index (χ0v) is 8.32. The summed E-state index contributed by atoms with van der Waals surface area (Å²) in [4.78, 5) is 5.07. The van der Waals surface area contributed by atoms with E-state index in [9.17, 15) is 0 Å². The lowest BCUT2D eigenvalue weighted by Crippen LogP contribution is -2.30. The average Bonchev–Trinajstić information content (AvgIpc) is 2.06. The summed E-state index contributed by atoms with van der Waals surface area (Å²) in [6.45, 7) is 2.90. The van der Waals surface area contributed by atoms with Gasteiger partial charge in [-0.3, -0.25) is 0 Å². The molecule has 0 atom stereocenters. The Hall–Kier alpha value is -0.730. The van der Waals surface area contributed by atoms with Gasteiger partial charge in [-0.05, 0) is 44.3 Å². The van der Waals surface area contributed by atoms with E-state index in [0.717, 1.165) is 18.9 Å². The average molecular weight is 182 g/mol. The van der Waals surface area contributed by atoms with Crippen molar-refractivity contribution < 1.29 is 0 Å². The third kappa shape index (κ3) is 4.15. The molecule has 1 saturated carbocycles. The molecule has 0 aromatic heterocycles. The first kappa shape index (κ1) is 10.4. The van der Waals surface area contributed by atoms with Gasteiger partial charge < -0.3 is 4.90 Å². The van der Waals surface area contributed by atoms with Gasteiger partial charge in [0.1, 0.15) is 0 Å². The molecule has 0 aromatic rings. The Balaban J connectivity index is 1.96. The Morgan fingerprint density at radius 1 is 1.54 bits per heavy atom. The smallest absolute Gasteiger partial charge is 0.0270 e. The first-order valence-electron chi connectivity index (χ1n) is 5.02. The summed E-state index contributed by atoms with van der Waals surface area (Å²) < 4.78 is 0. The molecule has 0 aromatic carbocycles. The van der Waals surface area contributed by atoms with Gasteiger partial charge in [0, 0.05) is 18.0 Å². The first-order chi connectivity index (χ1) is 6.33. The third-order valence-corrected chi connectivity index (χ3v) is 2.66. The van der Waals surface area contributed by atoms with Crippen LogP contribution in [0.5, 0.6) is 0 Å². The molecule has 0 aliphatic heterocycles. The summed E-state index contributed by atoms with van der Waals surface area (Å²) in [5, 5.41) is 3.51. The lowest BCUT2D eigenvalue weighted by molar-refractivity contribution is 0.205. The Morgan fingerprint density at radius 3 is 2.85 bits per heavy atom. The van der Waals surface area contributed by atoms with Crippen LogP contribution in [0.3, 0.4) is 0 Å². The SMILES string of the molecule is CN(CCCN=[N+]=[N-])CC1CCC1. The number of hydrogen-bond donors (Lipinski definition) is 0. The van der Waals surface area contributed by atoms with E-state index in [1.165, 1.54) is 25.8 Å². The van der Waals surface area contributed by atoms with Gasteiger partial charge in [-0.25, -0.2) is 0 Å². The van der Waals surface area contributed by atoms with E-state index in [1.54, 1.807) is 0 Å². The molecule has 0 amide bonds. The Kier molecular flexibility index (Phi) is 4.65. The topological polar surface area (TPSA) is 52.0 Å². The molecule has 1 fully saturated rings. The summed E-state index contributed by atoms with van der Waals surface area (Å²) >= 11 is 0. The van der Waals surface area contributed by atoms with Crippen LogP contribution in [-0.4, -0.2) is 31.6 Å². The molecule has 1 aliphatic carbocycles. The van der Waals surface area contributed by atoms with E-state index in [4.69, 9.17) is 5.53 Å². The number of azide groups is 1. The monoisotopic (exact) mass is 182 g/mol. The first-order valence-corrected chi connectivity index (χ1v) is 5.02. The molecule has 13 heavy (non-hydrogen) atoms. The van der Waals surface area contributed by atoms with E-state index in [-0.39, 0.29) is 0 Å². The summed E-state index contributed by atoms with van der Waals surface area (Å²) in [6.07, 6.45) is 5.20. The van der Waals surface area contributed by atoms with Crippen LogP contribution in [0.1, 0.15) is 25.7 Å². The predicted molar refractivity (Wildman–Crippen MR) is 53.5 cm³/mol. The number of rotatable bonds is 6. The van der Waals surface area contributed by atoms with Crippen molar-refractivity contribution in [1.82, 2.24) is 4.90 Å². The zero-order valence-electron chi connectivity index (χ0n) is 8.32. The third-order valence-electron chi connectivity index (χ3n) is 2.66. The molecule has 1 rings (SSSR count). The molecule has 4 heteroatoms. The van der Waals surface area contributed by atoms with Gasteiger partial charge in [0.2, 0.25) is 0 Å². The minimum absolute atomic E-state index is 0.630. The standard InChI is InChI=1S/C9H18N4/c1-13(7-3-6-11-12-10)8-9-4-2-5-9/h9H,2-8H2,1H3. The highest BCUT2D eigenvalue weighted by atomic mass is 15.1. The molecular weight excluding hydrogens is 164 g/mol. The molecule has 1 aliphatic rings. The second-order valence-corrected chi connectivity index (χ2v) is 3.87. The Bertz CT molecular complexity index is 182. The van der Waals surface area contributed by atoms with Gasteiger partial charge in [-0.15, -0.1) is 0 Å². The van der Waals surface area contributed by atoms with Crippen LogP contribution >= 0.6 is 0 Å². The van der Waals surface area contributed by atoms with Gasteiger partial charge in [0.05, 0.1) is 0 Å². The molecule has 4 nitrogen and oxygen atoms in total. The van der Waals surface area contributed by atoms with Crippen LogP contribution in [0, 0.1) is 5.92 Å². The van der Waals surface area contributed by atoms with Crippen molar-refractivity contribution in [2.75, 3.05) is 26.7 Å².